The Bertz CT molecular complexity index is 875. The molecule has 2 N–H and O–H groups in total. The summed E-state index contributed by atoms with van der Waals surface area (Å²) in [6.07, 6.45) is 4.63. The molecule has 0 spiro atoms. The summed E-state index contributed by atoms with van der Waals surface area (Å²) in [6.45, 7) is 7.47. The number of halogens is 2. The maximum Gasteiger partial charge on any atom is 0.250 e. The maximum absolute atomic E-state index is 11.1. The Kier molecular flexibility index (Phi) is 6.11. The second-order valence-electron chi connectivity index (χ2n) is 4.88. The van der Waals surface area contributed by atoms with Gasteiger partial charge in [-0.2, -0.15) is 0 Å². The van der Waals surface area contributed by atoms with Gasteiger partial charge < -0.3 is 15.0 Å². The van der Waals surface area contributed by atoms with E-state index in [4.69, 9.17) is 22.1 Å². The Morgan fingerprint density at radius 3 is 2.80 bits per heavy atom. The smallest absolute Gasteiger partial charge is 0.250 e. The number of carbonyl (C=O) groups is 1. The number of nitrogens with two attached hydrogens (primary N) is 1. The highest BCUT2D eigenvalue weighted by Gasteiger charge is 2.15. The second-order valence-corrected chi connectivity index (χ2v) is 6.19. The summed E-state index contributed by atoms with van der Waals surface area (Å²) in [5, 5.41) is 8.52. The monoisotopic (exact) mass is 423 g/mol. The van der Waals surface area contributed by atoms with Gasteiger partial charge >= 0.3 is 0 Å². The first-order valence-electron chi connectivity index (χ1n) is 6.99. The summed E-state index contributed by atoms with van der Waals surface area (Å²) in [7, 11) is 1.78. The van der Waals surface area contributed by atoms with E-state index in [1.54, 1.807) is 23.8 Å². The van der Waals surface area contributed by atoms with Gasteiger partial charge in [-0.15, -0.1) is 10.2 Å². The van der Waals surface area contributed by atoms with Crippen molar-refractivity contribution in [3.05, 3.63) is 64.3 Å². The molecular weight excluding hydrogens is 410 g/mol. The maximum atomic E-state index is 11.1. The Balaban J connectivity index is 2.20. The van der Waals surface area contributed by atoms with Crippen LogP contribution in [0.1, 0.15) is 22.0 Å². The largest absolute Gasteiger partial charge is 0.469 e. The van der Waals surface area contributed by atoms with Gasteiger partial charge in [0.25, 0.3) is 0 Å². The van der Waals surface area contributed by atoms with E-state index in [2.05, 4.69) is 44.3 Å². The molecule has 0 bridgehead atoms. The van der Waals surface area contributed by atoms with Gasteiger partial charge in [-0.05, 0) is 22.0 Å². The van der Waals surface area contributed by atoms with E-state index in [9.17, 15) is 4.79 Å². The van der Waals surface area contributed by atoms with Gasteiger partial charge in [-0.3, -0.25) is 4.79 Å². The molecule has 0 saturated carbocycles. The minimum Gasteiger partial charge on any atom is -0.469 e. The summed E-state index contributed by atoms with van der Waals surface area (Å²) < 4.78 is 7.86. The van der Waals surface area contributed by atoms with Crippen LogP contribution in [0.3, 0.4) is 0 Å². The van der Waals surface area contributed by atoms with Crippen molar-refractivity contribution in [3.63, 3.8) is 0 Å². The molecule has 130 valence electrons. The van der Waals surface area contributed by atoms with Gasteiger partial charge in [0.1, 0.15) is 6.61 Å². The van der Waals surface area contributed by atoms with Crippen LogP contribution in [-0.2, 0) is 13.7 Å². The van der Waals surface area contributed by atoms with Gasteiger partial charge in [0.15, 0.2) is 11.6 Å². The van der Waals surface area contributed by atoms with E-state index in [1.807, 2.05) is 0 Å². The first-order chi connectivity index (χ1) is 11.8. The quantitative estimate of drug-likeness (QED) is 0.689. The highest BCUT2D eigenvalue weighted by atomic mass is 79.9. The third-order valence-electron chi connectivity index (χ3n) is 3.21. The lowest BCUT2D eigenvalue weighted by Gasteiger charge is -2.09. The van der Waals surface area contributed by atoms with E-state index in [1.165, 1.54) is 12.3 Å². The number of nitrogens with zero attached hydrogens (tertiary/aromatic N) is 4. The molecule has 0 saturated heterocycles. The van der Waals surface area contributed by atoms with Crippen LogP contribution >= 0.6 is 27.5 Å². The van der Waals surface area contributed by atoms with Crippen molar-refractivity contribution < 1.29 is 9.53 Å². The predicted molar refractivity (Wildman–Crippen MR) is 99.0 cm³/mol. The lowest BCUT2D eigenvalue weighted by Crippen LogP contribution is -2.12. The standard InChI is InChI=1S/C16H15BrClN5O2/c1-4-5-11(9(2)18)15-22-21-13(23(15)3)8-25-16-12(17)6-10(7-20-16)14(19)24/h4-7H,1-2,8H2,3H3,(H2,19,24)/b11-5+. The van der Waals surface area contributed by atoms with Crippen LogP contribution in [0.5, 0.6) is 5.88 Å². The minimum absolute atomic E-state index is 0.112. The zero-order valence-corrected chi connectivity index (χ0v) is 15.7. The predicted octanol–water partition coefficient (Wildman–Crippen LogP) is 2.97. The molecule has 0 fully saturated rings. The molecule has 2 rings (SSSR count). The van der Waals surface area contributed by atoms with Crippen molar-refractivity contribution in [2.45, 2.75) is 6.61 Å². The molecule has 25 heavy (non-hydrogen) atoms. The fourth-order valence-electron chi connectivity index (χ4n) is 1.93. The zero-order chi connectivity index (χ0) is 18.6. The summed E-state index contributed by atoms with van der Waals surface area (Å²) in [4.78, 5) is 15.2. The SMILES string of the molecule is C=C/C=C(\C(=C)Cl)c1nnc(COc2ncc(C(N)=O)cc2Br)n1C. The number of allylic oxidation sites excluding steroid dienone is 4. The second kappa shape index (κ2) is 8.09. The van der Waals surface area contributed by atoms with E-state index in [0.29, 0.717) is 32.6 Å². The van der Waals surface area contributed by atoms with E-state index >= 15 is 0 Å². The van der Waals surface area contributed by atoms with Crippen LogP contribution in [0.25, 0.3) is 5.57 Å². The lowest BCUT2D eigenvalue weighted by atomic mass is 10.2. The number of carbonyl (C=O) groups excluding carboxylic acids is 1. The number of pyridine rings is 1. The molecule has 0 aromatic carbocycles. The Hall–Kier alpha value is -2.45. The first-order valence-corrected chi connectivity index (χ1v) is 8.16. The molecule has 7 nitrogen and oxygen atoms in total. The van der Waals surface area contributed by atoms with Gasteiger partial charge in [0.05, 0.1) is 10.0 Å². The fraction of sp³-hybridized carbons (Fsp3) is 0.125. The third-order valence-corrected chi connectivity index (χ3v) is 3.98. The fourth-order valence-corrected chi connectivity index (χ4v) is 2.54. The van der Waals surface area contributed by atoms with E-state index < -0.39 is 5.91 Å². The molecule has 0 aliphatic carbocycles. The van der Waals surface area contributed by atoms with Crippen molar-refractivity contribution in [3.8, 4) is 5.88 Å². The van der Waals surface area contributed by atoms with Crippen molar-refractivity contribution in [2.75, 3.05) is 0 Å². The van der Waals surface area contributed by atoms with Gasteiger partial charge in [0.2, 0.25) is 11.8 Å². The topological polar surface area (TPSA) is 95.9 Å². The Morgan fingerprint density at radius 1 is 1.52 bits per heavy atom. The van der Waals surface area contributed by atoms with Crippen molar-refractivity contribution in [2.24, 2.45) is 12.8 Å². The van der Waals surface area contributed by atoms with Crippen LogP contribution < -0.4 is 10.5 Å². The molecule has 0 aliphatic heterocycles. The van der Waals surface area contributed by atoms with E-state index in [-0.39, 0.29) is 12.2 Å². The number of amides is 1. The normalized spacial score (nSPS) is 11.2. The number of rotatable bonds is 7. The molecule has 2 heterocycles. The summed E-state index contributed by atoms with van der Waals surface area (Å²) in [6, 6.07) is 1.54. The molecule has 2 aromatic rings. The average Bonchev–Trinajstić information content (AvgIpc) is 2.91. The van der Waals surface area contributed by atoms with Crippen LogP contribution in [0.15, 0.2) is 47.1 Å². The van der Waals surface area contributed by atoms with Gasteiger partial charge in [0, 0.05) is 23.8 Å². The van der Waals surface area contributed by atoms with Crippen molar-refractivity contribution >= 4 is 39.0 Å². The number of aromatic nitrogens is 4. The molecular formula is C16H15BrClN5O2. The number of hydrogen-bond acceptors (Lipinski definition) is 5. The molecule has 0 unspecified atom stereocenters. The average molecular weight is 425 g/mol. The summed E-state index contributed by atoms with van der Waals surface area (Å²) in [5.41, 5.74) is 6.10. The zero-order valence-electron chi connectivity index (χ0n) is 13.4. The highest BCUT2D eigenvalue weighted by molar-refractivity contribution is 9.10. The summed E-state index contributed by atoms with van der Waals surface area (Å²) in [5.74, 6) is 0.823. The molecule has 0 atom stereocenters. The Morgan fingerprint density at radius 2 is 2.24 bits per heavy atom. The van der Waals surface area contributed by atoms with Gasteiger partial charge in [-0.1, -0.05) is 36.9 Å². The summed E-state index contributed by atoms with van der Waals surface area (Å²) >= 11 is 9.28. The van der Waals surface area contributed by atoms with E-state index in [0.717, 1.165) is 0 Å². The third kappa shape index (κ3) is 4.34. The Labute approximate surface area is 158 Å². The van der Waals surface area contributed by atoms with Crippen LogP contribution in [0, 0.1) is 0 Å². The number of hydrogen-bond donors (Lipinski definition) is 1. The molecule has 2 aromatic heterocycles. The van der Waals surface area contributed by atoms with Crippen LogP contribution in [-0.4, -0.2) is 25.7 Å². The lowest BCUT2D eigenvalue weighted by molar-refractivity contribution is 0.0999. The van der Waals surface area contributed by atoms with Gasteiger partial charge in [-0.25, -0.2) is 4.98 Å². The number of primary amides is 1. The first kappa shape index (κ1) is 18.9. The number of ether oxygens (including phenoxy) is 1. The molecule has 1 amide bonds. The molecule has 0 aliphatic rings. The van der Waals surface area contributed by atoms with Crippen molar-refractivity contribution in [1.82, 2.24) is 19.7 Å². The molecule has 9 heteroatoms. The molecule has 0 radical (unpaired) electrons. The van der Waals surface area contributed by atoms with Crippen molar-refractivity contribution in [1.29, 1.82) is 0 Å². The van der Waals surface area contributed by atoms with Crippen LogP contribution in [0.4, 0.5) is 0 Å². The van der Waals surface area contributed by atoms with Crippen LogP contribution in [0.2, 0.25) is 0 Å². The minimum atomic E-state index is -0.569. The highest BCUT2D eigenvalue weighted by Crippen LogP contribution is 2.25.